The number of amides is 1. The Labute approximate surface area is 160 Å². The molecule has 1 saturated heterocycles. The van der Waals surface area contributed by atoms with E-state index in [4.69, 9.17) is 9.73 Å². The van der Waals surface area contributed by atoms with Gasteiger partial charge in [0.1, 0.15) is 17.3 Å². The molecule has 0 spiro atoms. The third-order valence-electron chi connectivity index (χ3n) is 4.98. The second-order valence-corrected chi connectivity index (χ2v) is 7.41. The summed E-state index contributed by atoms with van der Waals surface area (Å²) in [6.45, 7) is 5.75. The van der Waals surface area contributed by atoms with Crippen molar-refractivity contribution in [3.8, 4) is 11.5 Å². The van der Waals surface area contributed by atoms with E-state index in [2.05, 4.69) is 10.2 Å². The summed E-state index contributed by atoms with van der Waals surface area (Å²) in [5.41, 5.74) is 2.53. The Morgan fingerprint density at radius 2 is 1.85 bits per heavy atom. The number of ether oxygens (including phenoxy) is 1. The summed E-state index contributed by atoms with van der Waals surface area (Å²) >= 11 is 0. The molecule has 2 heterocycles. The van der Waals surface area contributed by atoms with Crippen molar-refractivity contribution in [2.24, 2.45) is 10.9 Å². The number of carbonyl (C=O) groups is 1. The zero-order valence-electron chi connectivity index (χ0n) is 15.9. The van der Waals surface area contributed by atoms with Crippen molar-refractivity contribution in [1.82, 2.24) is 4.90 Å². The molecule has 1 N–H and O–H groups in total. The number of nitrogens with zero attached hydrogens (tertiary/aromatic N) is 2. The van der Waals surface area contributed by atoms with Gasteiger partial charge in [0.15, 0.2) is 5.75 Å². The van der Waals surface area contributed by atoms with Gasteiger partial charge in [0.05, 0.1) is 5.56 Å². The Kier molecular flexibility index (Phi) is 4.84. The van der Waals surface area contributed by atoms with E-state index in [9.17, 15) is 4.79 Å². The maximum Gasteiger partial charge on any atom is 0.226 e. The largest absolute Gasteiger partial charge is 0.454 e. The summed E-state index contributed by atoms with van der Waals surface area (Å²) in [6.07, 6.45) is 3.59. The summed E-state index contributed by atoms with van der Waals surface area (Å²) in [7, 11) is 0. The van der Waals surface area contributed by atoms with Gasteiger partial charge in [0.25, 0.3) is 0 Å². The van der Waals surface area contributed by atoms with Gasteiger partial charge >= 0.3 is 0 Å². The predicted octanol–water partition coefficient (Wildman–Crippen LogP) is 4.95. The van der Waals surface area contributed by atoms with Gasteiger partial charge in [-0.05, 0) is 49.6 Å². The number of anilines is 1. The second-order valence-electron chi connectivity index (χ2n) is 7.41. The summed E-state index contributed by atoms with van der Waals surface area (Å²) < 4.78 is 6.18. The van der Waals surface area contributed by atoms with Crippen LogP contribution >= 0.6 is 0 Å². The average Bonchev–Trinajstić information content (AvgIpc) is 2.85. The number of amidine groups is 1. The van der Waals surface area contributed by atoms with Gasteiger partial charge in [-0.15, -0.1) is 0 Å². The number of rotatable bonds is 2. The van der Waals surface area contributed by atoms with Gasteiger partial charge in [0.2, 0.25) is 5.91 Å². The van der Waals surface area contributed by atoms with Crippen LogP contribution in [0.2, 0.25) is 0 Å². The Bertz CT molecular complexity index is 883. The van der Waals surface area contributed by atoms with E-state index >= 15 is 0 Å². The number of benzene rings is 2. The normalized spacial score (nSPS) is 16.0. The lowest BCUT2D eigenvalue weighted by Crippen LogP contribution is -2.36. The van der Waals surface area contributed by atoms with Crippen LogP contribution in [-0.2, 0) is 4.79 Å². The topological polar surface area (TPSA) is 53.9 Å². The first-order valence-corrected chi connectivity index (χ1v) is 9.67. The molecular weight excluding hydrogens is 338 g/mol. The number of carbonyl (C=O) groups excluding carboxylic acids is 1. The lowest BCUT2D eigenvalue weighted by Gasteiger charge is -2.30. The molecular formula is C22H25N3O2. The first kappa shape index (κ1) is 17.6. The molecule has 0 radical (unpaired) electrons. The van der Waals surface area contributed by atoms with Crippen LogP contribution in [0.25, 0.3) is 0 Å². The zero-order valence-corrected chi connectivity index (χ0v) is 15.9. The number of aliphatic imine (C=N–C) groups is 1. The van der Waals surface area contributed by atoms with E-state index < -0.39 is 0 Å². The molecule has 2 aliphatic rings. The highest BCUT2D eigenvalue weighted by molar-refractivity contribution is 6.05. The van der Waals surface area contributed by atoms with Crippen molar-refractivity contribution in [1.29, 1.82) is 0 Å². The van der Waals surface area contributed by atoms with Crippen molar-refractivity contribution in [2.75, 3.05) is 18.4 Å². The van der Waals surface area contributed by atoms with Gasteiger partial charge < -0.3 is 15.0 Å². The van der Waals surface area contributed by atoms with Gasteiger partial charge in [-0.25, -0.2) is 4.99 Å². The number of hydrogen-bond donors (Lipinski definition) is 1. The highest BCUT2D eigenvalue weighted by Gasteiger charge is 2.24. The van der Waals surface area contributed by atoms with Gasteiger partial charge in [-0.3, -0.25) is 4.79 Å². The van der Waals surface area contributed by atoms with E-state index in [1.807, 2.05) is 56.3 Å². The molecule has 2 aromatic rings. The van der Waals surface area contributed by atoms with Crippen LogP contribution in [0, 0.1) is 5.92 Å². The zero-order chi connectivity index (χ0) is 18.8. The van der Waals surface area contributed by atoms with Crippen molar-refractivity contribution < 1.29 is 9.53 Å². The standard InChI is InChI=1S/C22H25N3O2/c1-15(2)22(26)23-16-10-11-19-17(14-16)21(25-12-6-3-7-13-25)24-18-8-4-5-9-20(18)27-19/h4-5,8-11,14-15H,3,6-7,12-13H2,1-2H3,(H,23,26). The van der Waals surface area contributed by atoms with Crippen LogP contribution in [-0.4, -0.2) is 29.7 Å². The minimum atomic E-state index is -0.0699. The fourth-order valence-electron chi connectivity index (χ4n) is 3.43. The fraction of sp³-hybridized carbons (Fsp3) is 0.364. The third-order valence-corrected chi connectivity index (χ3v) is 4.98. The lowest BCUT2D eigenvalue weighted by molar-refractivity contribution is -0.118. The molecule has 4 rings (SSSR count). The summed E-state index contributed by atoms with van der Waals surface area (Å²) in [6, 6.07) is 13.6. The SMILES string of the molecule is CC(C)C(=O)Nc1ccc2c(c1)C(N1CCCCC1)=Nc1ccccc1O2. The fourth-order valence-corrected chi connectivity index (χ4v) is 3.43. The van der Waals surface area contributed by atoms with Crippen LogP contribution < -0.4 is 10.1 Å². The molecule has 0 aromatic heterocycles. The molecule has 0 unspecified atom stereocenters. The van der Waals surface area contributed by atoms with E-state index in [1.54, 1.807) is 0 Å². The smallest absolute Gasteiger partial charge is 0.226 e. The molecule has 0 saturated carbocycles. The van der Waals surface area contributed by atoms with Crippen molar-refractivity contribution in [3.05, 3.63) is 48.0 Å². The summed E-state index contributed by atoms with van der Waals surface area (Å²) in [5.74, 6) is 2.38. The highest BCUT2D eigenvalue weighted by Crippen LogP contribution is 2.39. The number of para-hydroxylation sites is 2. The Hall–Kier alpha value is -2.82. The quantitative estimate of drug-likeness (QED) is 0.821. The van der Waals surface area contributed by atoms with E-state index in [1.165, 1.54) is 19.3 Å². The first-order chi connectivity index (χ1) is 13.1. The molecule has 140 valence electrons. The third kappa shape index (κ3) is 3.68. The van der Waals surface area contributed by atoms with Crippen LogP contribution in [0.15, 0.2) is 47.5 Å². The van der Waals surface area contributed by atoms with E-state index in [0.717, 1.165) is 47.4 Å². The predicted molar refractivity (Wildman–Crippen MR) is 108 cm³/mol. The van der Waals surface area contributed by atoms with Crippen LogP contribution in [0.3, 0.4) is 0 Å². The lowest BCUT2D eigenvalue weighted by atomic mass is 10.1. The Morgan fingerprint density at radius 3 is 2.63 bits per heavy atom. The number of hydrogen-bond acceptors (Lipinski definition) is 4. The maximum atomic E-state index is 12.1. The number of nitrogens with one attached hydrogen (secondary N) is 1. The van der Waals surface area contributed by atoms with E-state index in [0.29, 0.717) is 0 Å². The summed E-state index contributed by atoms with van der Waals surface area (Å²) in [4.78, 5) is 19.4. The van der Waals surface area contributed by atoms with Crippen molar-refractivity contribution >= 4 is 23.1 Å². The van der Waals surface area contributed by atoms with Crippen LogP contribution in [0.1, 0.15) is 38.7 Å². The number of piperidine rings is 1. The minimum Gasteiger partial charge on any atom is -0.454 e. The van der Waals surface area contributed by atoms with Crippen molar-refractivity contribution in [2.45, 2.75) is 33.1 Å². The molecule has 27 heavy (non-hydrogen) atoms. The maximum absolute atomic E-state index is 12.1. The molecule has 2 aromatic carbocycles. The monoisotopic (exact) mass is 363 g/mol. The van der Waals surface area contributed by atoms with Gasteiger partial charge in [-0.1, -0.05) is 26.0 Å². The molecule has 0 atom stereocenters. The molecule has 1 fully saturated rings. The summed E-state index contributed by atoms with van der Waals surface area (Å²) in [5, 5.41) is 2.99. The number of likely N-dealkylation sites (tertiary alicyclic amines) is 1. The molecule has 0 bridgehead atoms. The minimum absolute atomic E-state index is 0.00392. The Balaban J connectivity index is 1.78. The first-order valence-electron chi connectivity index (χ1n) is 9.67. The molecule has 2 aliphatic heterocycles. The average molecular weight is 363 g/mol. The molecule has 1 amide bonds. The second kappa shape index (κ2) is 7.43. The Morgan fingerprint density at radius 1 is 1.07 bits per heavy atom. The van der Waals surface area contributed by atoms with Gasteiger partial charge in [-0.2, -0.15) is 0 Å². The van der Waals surface area contributed by atoms with E-state index in [-0.39, 0.29) is 11.8 Å². The molecule has 5 nitrogen and oxygen atoms in total. The highest BCUT2D eigenvalue weighted by atomic mass is 16.5. The molecule has 5 heteroatoms. The van der Waals surface area contributed by atoms with Crippen molar-refractivity contribution in [3.63, 3.8) is 0 Å². The van der Waals surface area contributed by atoms with Crippen LogP contribution in [0.5, 0.6) is 11.5 Å². The van der Waals surface area contributed by atoms with Gasteiger partial charge in [0, 0.05) is 24.7 Å². The number of fused-ring (bicyclic) bond motifs is 2. The molecule has 0 aliphatic carbocycles. The van der Waals surface area contributed by atoms with Crippen LogP contribution in [0.4, 0.5) is 11.4 Å².